The van der Waals surface area contributed by atoms with E-state index in [1.54, 1.807) is 0 Å². The average molecular weight is 224 g/mol. The van der Waals surface area contributed by atoms with Gasteiger partial charge in [0.2, 0.25) is 0 Å². The summed E-state index contributed by atoms with van der Waals surface area (Å²) in [6, 6.07) is 2.73. The van der Waals surface area contributed by atoms with Gasteiger partial charge < -0.3 is 4.74 Å². The maximum absolute atomic E-state index is 11.6. The van der Waals surface area contributed by atoms with Crippen LogP contribution in [0, 0.1) is 0 Å². The van der Waals surface area contributed by atoms with E-state index in [1.807, 2.05) is 0 Å². The molecule has 0 aromatic carbocycles. The number of halogens is 3. The number of alkyl halides is 2. The quantitative estimate of drug-likeness (QED) is 0.719. The van der Waals surface area contributed by atoms with Crippen LogP contribution in [0.4, 0.5) is 8.78 Å². The molecule has 0 atom stereocenters. The fraction of sp³-hybridized carbons (Fsp3) is 0.167. The Hall–Kier alpha value is -0.710. The molecule has 0 aliphatic rings. The first-order chi connectivity index (χ1) is 5.18. The maximum atomic E-state index is 11.6. The maximum Gasteiger partial charge on any atom is 0.387 e. The monoisotopic (exact) mass is 223 g/mol. The molecule has 0 aliphatic heterocycles. The predicted molar refractivity (Wildman–Crippen MR) is 38.6 cm³/mol. The van der Waals surface area contributed by atoms with Crippen LogP contribution in [0.3, 0.4) is 0 Å². The average Bonchev–Trinajstić information content (AvgIpc) is 1.85. The van der Waals surface area contributed by atoms with E-state index in [-0.39, 0.29) is 5.75 Å². The molecular weight excluding hydrogens is 220 g/mol. The lowest BCUT2D eigenvalue weighted by molar-refractivity contribution is -0.0499. The molecule has 60 valence electrons. The first-order valence-corrected chi connectivity index (χ1v) is 3.54. The minimum atomic E-state index is -2.79. The smallest absolute Gasteiger partial charge is 0.387 e. The molecule has 1 rings (SSSR count). The van der Waals surface area contributed by atoms with Crippen LogP contribution in [-0.4, -0.2) is 11.6 Å². The second-order valence-corrected chi connectivity index (χ2v) is 2.51. The van der Waals surface area contributed by atoms with Crippen LogP contribution in [-0.2, 0) is 0 Å². The number of ether oxygens (including phenoxy) is 1. The molecule has 5 heteroatoms. The Morgan fingerprint density at radius 3 is 2.82 bits per heavy atom. The van der Waals surface area contributed by atoms with Crippen molar-refractivity contribution in [2.75, 3.05) is 0 Å². The Kier molecular flexibility index (Phi) is 2.76. The van der Waals surface area contributed by atoms with Gasteiger partial charge in [0.15, 0.2) is 0 Å². The summed E-state index contributed by atoms with van der Waals surface area (Å²) in [7, 11) is 0. The molecule has 2 nitrogen and oxygen atoms in total. The summed E-state index contributed by atoms with van der Waals surface area (Å²) in [4.78, 5) is 3.74. The van der Waals surface area contributed by atoms with Crippen molar-refractivity contribution in [2.24, 2.45) is 0 Å². The van der Waals surface area contributed by atoms with Gasteiger partial charge in [-0.1, -0.05) is 0 Å². The lowest BCUT2D eigenvalue weighted by Crippen LogP contribution is -2.01. The van der Waals surface area contributed by atoms with Crippen LogP contribution >= 0.6 is 15.9 Å². The van der Waals surface area contributed by atoms with Crippen molar-refractivity contribution in [1.82, 2.24) is 4.98 Å². The number of hydrogen-bond acceptors (Lipinski definition) is 2. The van der Waals surface area contributed by atoms with E-state index in [2.05, 4.69) is 25.7 Å². The minimum absolute atomic E-state index is 0.0990. The zero-order chi connectivity index (χ0) is 8.27. The summed E-state index contributed by atoms with van der Waals surface area (Å²) in [5, 5.41) is 0. The molecule has 11 heavy (non-hydrogen) atoms. The van der Waals surface area contributed by atoms with Gasteiger partial charge in [0, 0.05) is 12.3 Å². The molecule has 0 saturated carbocycles. The van der Waals surface area contributed by atoms with E-state index in [9.17, 15) is 8.78 Å². The number of aromatic nitrogens is 1. The molecule has 1 aromatic heterocycles. The van der Waals surface area contributed by atoms with Crippen LogP contribution in [0.1, 0.15) is 0 Å². The molecule has 0 saturated heterocycles. The zero-order valence-corrected chi connectivity index (χ0v) is 6.88. The lowest BCUT2D eigenvalue weighted by atomic mass is 10.5. The highest BCUT2D eigenvalue weighted by Crippen LogP contribution is 2.16. The number of nitrogens with zero attached hydrogens (tertiary/aromatic N) is 1. The standard InChI is InChI=1S/C6H4BrF2NO/c7-5-3-4(1-2-10-5)11-6(8)9/h1-3,6H. The third-order valence-electron chi connectivity index (χ3n) is 0.923. The Morgan fingerprint density at radius 2 is 2.27 bits per heavy atom. The van der Waals surface area contributed by atoms with Gasteiger partial charge in [-0.3, -0.25) is 0 Å². The molecule has 1 aromatic rings. The lowest BCUT2D eigenvalue weighted by Gasteiger charge is -2.02. The Morgan fingerprint density at radius 1 is 1.55 bits per heavy atom. The highest BCUT2D eigenvalue weighted by atomic mass is 79.9. The van der Waals surface area contributed by atoms with Crippen molar-refractivity contribution in [3.05, 3.63) is 22.9 Å². The zero-order valence-electron chi connectivity index (χ0n) is 5.30. The molecule has 0 fully saturated rings. The molecule has 0 N–H and O–H groups in total. The van der Waals surface area contributed by atoms with E-state index in [4.69, 9.17) is 0 Å². The van der Waals surface area contributed by atoms with E-state index < -0.39 is 6.61 Å². The van der Waals surface area contributed by atoms with Crippen molar-refractivity contribution in [3.8, 4) is 5.75 Å². The predicted octanol–water partition coefficient (Wildman–Crippen LogP) is 2.45. The molecule has 0 spiro atoms. The third kappa shape index (κ3) is 2.80. The SMILES string of the molecule is FC(F)Oc1ccnc(Br)c1. The molecule has 0 bridgehead atoms. The van der Waals surface area contributed by atoms with Crippen LogP contribution in [0.15, 0.2) is 22.9 Å². The molecule has 0 radical (unpaired) electrons. The molecule has 0 amide bonds. The van der Waals surface area contributed by atoms with Crippen LogP contribution < -0.4 is 4.74 Å². The topological polar surface area (TPSA) is 22.1 Å². The third-order valence-corrected chi connectivity index (χ3v) is 1.36. The number of pyridine rings is 1. The highest BCUT2D eigenvalue weighted by Gasteiger charge is 2.03. The number of rotatable bonds is 2. The summed E-state index contributed by atoms with van der Waals surface area (Å²) in [6.07, 6.45) is 1.38. The van der Waals surface area contributed by atoms with Crippen molar-refractivity contribution in [1.29, 1.82) is 0 Å². The van der Waals surface area contributed by atoms with Gasteiger partial charge in [0.05, 0.1) is 0 Å². The van der Waals surface area contributed by atoms with E-state index in [0.29, 0.717) is 4.60 Å². The summed E-state index contributed by atoms with van der Waals surface area (Å²) in [6.45, 7) is -2.79. The summed E-state index contributed by atoms with van der Waals surface area (Å²) >= 11 is 3.02. The molecule has 0 aliphatic carbocycles. The van der Waals surface area contributed by atoms with Gasteiger partial charge in [-0.25, -0.2) is 4.98 Å². The fourth-order valence-electron chi connectivity index (χ4n) is 0.561. The van der Waals surface area contributed by atoms with Gasteiger partial charge in [-0.05, 0) is 22.0 Å². The summed E-state index contributed by atoms with van der Waals surface area (Å²) < 4.78 is 27.7. The van der Waals surface area contributed by atoms with Crippen molar-refractivity contribution < 1.29 is 13.5 Å². The van der Waals surface area contributed by atoms with Crippen LogP contribution in [0.25, 0.3) is 0 Å². The molecule has 0 unspecified atom stereocenters. The van der Waals surface area contributed by atoms with E-state index >= 15 is 0 Å². The minimum Gasteiger partial charge on any atom is -0.435 e. The number of hydrogen-bond donors (Lipinski definition) is 0. The first-order valence-electron chi connectivity index (χ1n) is 2.75. The molecule has 1 heterocycles. The van der Waals surface area contributed by atoms with Crippen molar-refractivity contribution >= 4 is 15.9 Å². The van der Waals surface area contributed by atoms with Gasteiger partial charge in [-0.15, -0.1) is 0 Å². The fourth-order valence-corrected chi connectivity index (χ4v) is 0.905. The largest absolute Gasteiger partial charge is 0.435 e. The van der Waals surface area contributed by atoms with Crippen LogP contribution in [0.5, 0.6) is 5.75 Å². The Balaban J connectivity index is 2.71. The normalized spacial score (nSPS) is 10.2. The van der Waals surface area contributed by atoms with Crippen molar-refractivity contribution in [2.45, 2.75) is 6.61 Å². The van der Waals surface area contributed by atoms with Crippen molar-refractivity contribution in [3.63, 3.8) is 0 Å². The van der Waals surface area contributed by atoms with E-state index in [0.717, 1.165) is 0 Å². The molecular formula is C6H4BrF2NO. The first kappa shape index (κ1) is 8.39. The van der Waals surface area contributed by atoms with Crippen LogP contribution in [0.2, 0.25) is 0 Å². The second-order valence-electron chi connectivity index (χ2n) is 1.69. The Labute approximate surface area is 70.3 Å². The summed E-state index contributed by atoms with van der Waals surface area (Å²) in [5.41, 5.74) is 0. The van der Waals surface area contributed by atoms with E-state index in [1.165, 1.54) is 18.3 Å². The van der Waals surface area contributed by atoms with Gasteiger partial charge in [-0.2, -0.15) is 8.78 Å². The Bertz CT molecular complexity index is 244. The highest BCUT2D eigenvalue weighted by molar-refractivity contribution is 9.10. The summed E-state index contributed by atoms with van der Waals surface area (Å²) in [5.74, 6) is 0.0990. The second kappa shape index (κ2) is 3.61. The van der Waals surface area contributed by atoms with Gasteiger partial charge >= 0.3 is 6.61 Å². The van der Waals surface area contributed by atoms with Gasteiger partial charge in [0.25, 0.3) is 0 Å². The van der Waals surface area contributed by atoms with Gasteiger partial charge in [0.1, 0.15) is 10.4 Å².